The van der Waals surface area contributed by atoms with Gasteiger partial charge in [0.1, 0.15) is 22.7 Å². The highest BCUT2D eigenvalue weighted by atomic mass is 19.4. The van der Waals surface area contributed by atoms with E-state index in [1.165, 1.54) is 6.07 Å². The van der Waals surface area contributed by atoms with Crippen molar-refractivity contribution in [3.05, 3.63) is 70.3 Å². The first-order valence-corrected chi connectivity index (χ1v) is 6.73. The minimum Gasteiger partial charge on any atom is -0.421 e. The molecule has 1 amide bonds. The predicted molar refractivity (Wildman–Crippen MR) is 79.7 cm³/mol. The molecule has 24 heavy (non-hydrogen) atoms. The molecule has 0 unspecified atom stereocenters. The van der Waals surface area contributed by atoms with Gasteiger partial charge in [0.25, 0.3) is 5.91 Å². The van der Waals surface area contributed by atoms with E-state index in [1.807, 2.05) is 0 Å². The summed E-state index contributed by atoms with van der Waals surface area (Å²) < 4.78 is 42.9. The van der Waals surface area contributed by atoms with Gasteiger partial charge in [-0.05, 0) is 24.3 Å². The summed E-state index contributed by atoms with van der Waals surface area (Å²) in [5.74, 6) is -0.941. The first-order chi connectivity index (χ1) is 11.3. The molecule has 1 N–H and O–H groups in total. The van der Waals surface area contributed by atoms with Crippen LogP contribution in [0.3, 0.4) is 0 Å². The Morgan fingerprint density at radius 3 is 2.58 bits per heavy atom. The van der Waals surface area contributed by atoms with E-state index in [4.69, 9.17) is 4.42 Å². The van der Waals surface area contributed by atoms with Crippen molar-refractivity contribution in [1.82, 2.24) is 4.98 Å². The number of nitrogens with one attached hydrogen (secondary N) is 1. The molecule has 1 aromatic carbocycles. The summed E-state index contributed by atoms with van der Waals surface area (Å²) in [5.41, 5.74) is -2.32. The number of nitrogens with zero attached hydrogens (tertiary/aromatic N) is 1. The molecule has 0 saturated carbocycles. The zero-order valence-corrected chi connectivity index (χ0v) is 11.9. The van der Waals surface area contributed by atoms with E-state index in [9.17, 15) is 22.8 Å². The van der Waals surface area contributed by atoms with Crippen molar-refractivity contribution >= 4 is 22.6 Å². The number of benzene rings is 1. The van der Waals surface area contributed by atoms with Crippen LogP contribution in [0.25, 0.3) is 11.0 Å². The van der Waals surface area contributed by atoms with Crippen LogP contribution in [0.15, 0.2) is 57.7 Å². The van der Waals surface area contributed by atoms with Gasteiger partial charge < -0.3 is 9.73 Å². The zero-order chi connectivity index (χ0) is 17.3. The minimum absolute atomic E-state index is 0.182. The van der Waals surface area contributed by atoms with E-state index < -0.39 is 29.1 Å². The average molecular weight is 334 g/mol. The van der Waals surface area contributed by atoms with Crippen molar-refractivity contribution in [1.29, 1.82) is 0 Å². The molecule has 0 aliphatic heterocycles. The number of hydrogen-bond acceptors (Lipinski definition) is 4. The molecule has 0 bridgehead atoms. The number of hydrogen-bond donors (Lipinski definition) is 1. The third-order valence-corrected chi connectivity index (χ3v) is 3.16. The molecule has 5 nitrogen and oxygen atoms in total. The second-order valence-corrected chi connectivity index (χ2v) is 4.85. The molecule has 0 spiro atoms. The van der Waals surface area contributed by atoms with E-state index in [0.29, 0.717) is 11.0 Å². The lowest BCUT2D eigenvalue weighted by molar-refractivity contribution is -0.141. The van der Waals surface area contributed by atoms with Crippen LogP contribution in [-0.4, -0.2) is 10.9 Å². The first-order valence-electron chi connectivity index (χ1n) is 6.73. The SMILES string of the molecule is O=C(Nc1cc2ccccc2oc1=O)c1cccc(C(F)(F)F)n1. The van der Waals surface area contributed by atoms with Crippen LogP contribution in [0.2, 0.25) is 0 Å². The number of carbonyl (C=O) groups excluding carboxylic acids is 1. The van der Waals surface area contributed by atoms with Crippen molar-refractivity contribution in [2.75, 3.05) is 5.32 Å². The lowest BCUT2D eigenvalue weighted by Crippen LogP contribution is -2.20. The van der Waals surface area contributed by atoms with Crippen LogP contribution in [0.1, 0.15) is 16.2 Å². The van der Waals surface area contributed by atoms with Crippen molar-refractivity contribution in [3.63, 3.8) is 0 Å². The second-order valence-electron chi connectivity index (χ2n) is 4.85. The van der Waals surface area contributed by atoms with Gasteiger partial charge in [-0.3, -0.25) is 4.79 Å². The van der Waals surface area contributed by atoms with Crippen molar-refractivity contribution in [2.45, 2.75) is 6.18 Å². The Labute approximate surface area is 132 Å². The van der Waals surface area contributed by atoms with Gasteiger partial charge in [-0.2, -0.15) is 13.2 Å². The van der Waals surface area contributed by atoms with E-state index in [1.54, 1.807) is 24.3 Å². The smallest absolute Gasteiger partial charge is 0.421 e. The van der Waals surface area contributed by atoms with E-state index in [-0.39, 0.29) is 5.69 Å². The largest absolute Gasteiger partial charge is 0.433 e. The molecule has 8 heteroatoms. The Kier molecular flexibility index (Phi) is 3.80. The van der Waals surface area contributed by atoms with Crippen LogP contribution in [0, 0.1) is 0 Å². The van der Waals surface area contributed by atoms with Gasteiger partial charge in [-0.25, -0.2) is 9.78 Å². The summed E-state index contributed by atoms with van der Waals surface area (Å²) in [4.78, 5) is 27.2. The number of alkyl halides is 3. The quantitative estimate of drug-likeness (QED) is 0.729. The van der Waals surface area contributed by atoms with Gasteiger partial charge in [-0.15, -0.1) is 0 Å². The number of para-hydroxylation sites is 1. The van der Waals surface area contributed by atoms with E-state index >= 15 is 0 Å². The number of amides is 1. The number of fused-ring (bicyclic) bond motifs is 1. The van der Waals surface area contributed by atoms with Gasteiger partial charge >= 0.3 is 11.8 Å². The summed E-state index contributed by atoms with van der Waals surface area (Å²) in [6.07, 6.45) is -4.67. The van der Waals surface area contributed by atoms with Gasteiger partial charge in [-0.1, -0.05) is 24.3 Å². The number of halogens is 3. The summed E-state index contributed by atoms with van der Waals surface area (Å²) in [6.45, 7) is 0. The molecule has 3 rings (SSSR count). The fourth-order valence-corrected chi connectivity index (χ4v) is 2.05. The molecule has 0 aliphatic rings. The molecule has 2 aromatic heterocycles. The predicted octanol–water partition coefficient (Wildman–Crippen LogP) is 3.46. The van der Waals surface area contributed by atoms with Crippen LogP contribution in [0.5, 0.6) is 0 Å². The zero-order valence-electron chi connectivity index (χ0n) is 11.9. The van der Waals surface area contributed by atoms with Gasteiger partial charge in [0.2, 0.25) is 0 Å². The highest BCUT2D eigenvalue weighted by molar-refractivity contribution is 6.03. The maximum atomic E-state index is 12.6. The van der Waals surface area contributed by atoms with E-state index in [2.05, 4.69) is 10.3 Å². The number of anilines is 1. The summed E-state index contributed by atoms with van der Waals surface area (Å²) in [7, 11) is 0. The second kappa shape index (κ2) is 5.80. The van der Waals surface area contributed by atoms with E-state index in [0.717, 1.165) is 18.2 Å². The Morgan fingerprint density at radius 2 is 1.83 bits per heavy atom. The normalized spacial score (nSPS) is 11.5. The Hall–Kier alpha value is -3.16. The maximum Gasteiger partial charge on any atom is 0.433 e. The highest BCUT2D eigenvalue weighted by Gasteiger charge is 2.33. The number of aromatic nitrogens is 1. The topological polar surface area (TPSA) is 72.2 Å². The fraction of sp³-hybridized carbons (Fsp3) is 0.0625. The third-order valence-electron chi connectivity index (χ3n) is 3.16. The van der Waals surface area contributed by atoms with Crippen LogP contribution in [0.4, 0.5) is 18.9 Å². The highest BCUT2D eigenvalue weighted by Crippen LogP contribution is 2.27. The van der Waals surface area contributed by atoms with Crippen LogP contribution >= 0.6 is 0 Å². The molecule has 3 aromatic rings. The Bertz CT molecular complexity index is 980. The third kappa shape index (κ3) is 3.12. The molecule has 0 fully saturated rings. The van der Waals surface area contributed by atoms with Gasteiger partial charge in [0.15, 0.2) is 0 Å². The molecule has 0 aliphatic carbocycles. The lowest BCUT2D eigenvalue weighted by Gasteiger charge is -2.08. The summed E-state index contributed by atoms with van der Waals surface area (Å²) >= 11 is 0. The standard InChI is InChI=1S/C16H9F3N2O3/c17-16(18,19)13-7-3-5-10(20-13)14(22)21-11-8-9-4-1-2-6-12(9)24-15(11)23/h1-8H,(H,21,22). The monoisotopic (exact) mass is 334 g/mol. The number of carbonyl (C=O) groups is 1. The van der Waals surface area contributed by atoms with Gasteiger partial charge in [0.05, 0.1) is 0 Å². The first kappa shape index (κ1) is 15.7. The number of pyridine rings is 1. The molecular formula is C16H9F3N2O3. The van der Waals surface area contributed by atoms with Crippen molar-refractivity contribution in [2.24, 2.45) is 0 Å². The van der Waals surface area contributed by atoms with Crippen LogP contribution in [-0.2, 0) is 6.18 Å². The van der Waals surface area contributed by atoms with Crippen LogP contribution < -0.4 is 10.9 Å². The molecular weight excluding hydrogens is 325 g/mol. The summed E-state index contributed by atoms with van der Waals surface area (Å²) in [5, 5.41) is 2.78. The molecule has 0 atom stereocenters. The number of rotatable bonds is 2. The molecule has 2 heterocycles. The Balaban J connectivity index is 1.93. The minimum atomic E-state index is -4.67. The average Bonchev–Trinajstić information content (AvgIpc) is 2.55. The molecule has 0 saturated heterocycles. The molecule has 122 valence electrons. The molecule has 0 radical (unpaired) electrons. The van der Waals surface area contributed by atoms with Gasteiger partial charge in [0, 0.05) is 5.39 Å². The fourth-order valence-electron chi connectivity index (χ4n) is 2.05. The lowest BCUT2D eigenvalue weighted by atomic mass is 10.2. The summed E-state index contributed by atoms with van der Waals surface area (Å²) in [6, 6.07) is 10.9. The van der Waals surface area contributed by atoms with Crippen molar-refractivity contribution in [3.8, 4) is 0 Å². The maximum absolute atomic E-state index is 12.6. The Morgan fingerprint density at radius 1 is 1.08 bits per heavy atom. The van der Waals surface area contributed by atoms with Crippen molar-refractivity contribution < 1.29 is 22.4 Å².